The SMILES string of the molecule is COc1ccc(OC)c(COC(=O)/C=C/c2ccc(OC)c(OC)c2)c1. The Morgan fingerprint density at radius 3 is 2.19 bits per heavy atom. The molecule has 0 aromatic heterocycles. The van der Waals surface area contributed by atoms with Gasteiger partial charge in [-0.3, -0.25) is 0 Å². The highest BCUT2D eigenvalue weighted by molar-refractivity contribution is 5.87. The van der Waals surface area contributed by atoms with Crippen molar-refractivity contribution in [3.63, 3.8) is 0 Å². The Labute approximate surface area is 152 Å². The number of benzene rings is 2. The highest BCUT2D eigenvalue weighted by Gasteiger charge is 2.08. The molecule has 6 heteroatoms. The average Bonchev–Trinajstić information content (AvgIpc) is 2.69. The Kier molecular flexibility index (Phi) is 6.91. The summed E-state index contributed by atoms with van der Waals surface area (Å²) in [6, 6.07) is 10.7. The van der Waals surface area contributed by atoms with E-state index in [-0.39, 0.29) is 6.61 Å². The van der Waals surface area contributed by atoms with Crippen molar-refractivity contribution in [1.82, 2.24) is 0 Å². The molecule has 2 aromatic carbocycles. The van der Waals surface area contributed by atoms with E-state index in [9.17, 15) is 4.79 Å². The first-order valence-corrected chi connectivity index (χ1v) is 7.89. The molecule has 0 amide bonds. The van der Waals surface area contributed by atoms with Gasteiger partial charge in [0.05, 0.1) is 28.4 Å². The maximum atomic E-state index is 12.0. The smallest absolute Gasteiger partial charge is 0.331 e. The third kappa shape index (κ3) is 4.92. The van der Waals surface area contributed by atoms with E-state index in [1.807, 2.05) is 6.07 Å². The summed E-state index contributed by atoms with van der Waals surface area (Å²) in [5.74, 6) is 2.03. The summed E-state index contributed by atoms with van der Waals surface area (Å²) in [5, 5.41) is 0. The van der Waals surface area contributed by atoms with Crippen LogP contribution in [0.3, 0.4) is 0 Å². The first-order valence-electron chi connectivity index (χ1n) is 7.89. The van der Waals surface area contributed by atoms with Gasteiger partial charge >= 0.3 is 5.97 Å². The lowest BCUT2D eigenvalue weighted by Gasteiger charge is -2.10. The largest absolute Gasteiger partial charge is 0.497 e. The molecule has 0 heterocycles. The van der Waals surface area contributed by atoms with Gasteiger partial charge in [-0.2, -0.15) is 0 Å². The van der Waals surface area contributed by atoms with E-state index in [1.165, 1.54) is 6.08 Å². The lowest BCUT2D eigenvalue weighted by Crippen LogP contribution is -2.02. The third-order valence-electron chi connectivity index (χ3n) is 3.68. The Bertz CT molecular complexity index is 782. The van der Waals surface area contributed by atoms with Gasteiger partial charge in [0.15, 0.2) is 11.5 Å². The Morgan fingerprint density at radius 2 is 1.54 bits per heavy atom. The maximum absolute atomic E-state index is 12.0. The number of esters is 1. The molecule has 0 unspecified atom stereocenters. The van der Waals surface area contributed by atoms with Crippen molar-refractivity contribution < 1.29 is 28.5 Å². The van der Waals surface area contributed by atoms with Crippen molar-refractivity contribution in [3.05, 3.63) is 53.6 Å². The fourth-order valence-electron chi connectivity index (χ4n) is 2.31. The molecule has 0 fully saturated rings. The average molecular weight is 358 g/mol. The molecule has 26 heavy (non-hydrogen) atoms. The minimum atomic E-state index is -0.468. The predicted molar refractivity (Wildman–Crippen MR) is 97.9 cm³/mol. The molecule has 0 aliphatic rings. The van der Waals surface area contributed by atoms with Gasteiger partial charge in [0.2, 0.25) is 0 Å². The first kappa shape index (κ1) is 19.2. The van der Waals surface area contributed by atoms with Crippen molar-refractivity contribution in [1.29, 1.82) is 0 Å². The van der Waals surface area contributed by atoms with Crippen molar-refractivity contribution in [2.75, 3.05) is 28.4 Å². The highest BCUT2D eigenvalue weighted by Crippen LogP contribution is 2.28. The molecule has 0 saturated heterocycles. The summed E-state index contributed by atoms with van der Waals surface area (Å²) in [7, 11) is 6.26. The van der Waals surface area contributed by atoms with Crippen LogP contribution >= 0.6 is 0 Å². The van der Waals surface area contributed by atoms with E-state index in [0.717, 1.165) is 11.1 Å². The number of hydrogen-bond donors (Lipinski definition) is 0. The summed E-state index contributed by atoms with van der Waals surface area (Å²) < 4.78 is 26.1. The highest BCUT2D eigenvalue weighted by atomic mass is 16.5. The molecular formula is C20H22O6. The van der Waals surface area contributed by atoms with Crippen LogP contribution < -0.4 is 18.9 Å². The number of ether oxygens (including phenoxy) is 5. The van der Waals surface area contributed by atoms with Crippen LogP contribution in [-0.2, 0) is 16.1 Å². The van der Waals surface area contributed by atoms with Gasteiger partial charge in [-0.15, -0.1) is 0 Å². The van der Waals surface area contributed by atoms with E-state index in [2.05, 4.69) is 0 Å². The number of methoxy groups -OCH3 is 4. The molecule has 0 atom stereocenters. The quantitative estimate of drug-likeness (QED) is 0.532. The monoisotopic (exact) mass is 358 g/mol. The molecule has 6 nitrogen and oxygen atoms in total. The maximum Gasteiger partial charge on any atom is 0.331 e. The van der Waals surface area contributed by atoms with Gasteiger partial charge < -0.3 is 23.7 Å². The zero-order chi connectivity index (χ0) is 18.9. The van der Waals surface area contributed by atoms with Crippen molar-refractivity contribution in [2.24, 2.45) is 0 Å². The Balaban J connectivity index is 2.02. The van der Waals surface area contributed by atoms with Crippen LogP contribution in [0, 0.1) is 0 Å². The normalized spacial score (nSPS) is 10.5. The standard InChI is InChI=1S/C20H22O6/c1-22-16-7-9-17(23-2)15(12-16)13-26-20(21)10-6-14-5-8-18(24-3)19(11-14)25-4/h5-12H,13H2,1-4H3/b10-6+. The van der Waals surface area contributed by atoms with Crippen molar-refractivity contribution in [3.8, 4) is 23.0 Å². The van der Waals surface area contributed by atoms with Crippen LogP contribution in [0.5, 0.6) is 23.0 Å². The molecule has 0 N–H and O–H groups in total. The van der Waals surface area contributed by atoms with Crippen LogP contribution in [0.4, 0.5) is 0 Å². The lowest BCUT2D eigenvalue weighted by molar-refractivity contribution is -0.138. The van der Waals surface area contributed by atoms with E-state index < -0.39 is 5.97 Å². The molecule has 0 saturated carbocycles. The second-order valence-electron chi connectivity index (χ2n) is 5.23. The molecule has 0 aliphatic carbocycles. The fraction of sp³-hybridized carbons (Fsp3) is 0.250. The van der Waals surface area contributed by atoms with Gasteiger partial charge in [-0.1, -0.05) is 6.07 Å². The topological polar surface area (TPSA) is 63.2 Å². The molecule has 2 rings (SSSR count). The van der Waals surface area contributed by atoms with E-state index >= 15 is 0 Å². The summed E-state index contributed by atoms with van der Waals surface area (Å²) >= 11 is 0. The summed E-state index contributed by atoms with van der Waals surface area (Å²) in [6.07, 6.45) is 3.00. The van der Waals surface area contributed by atoms with Gasteiger partial charge in [0, 0.05) is 11.6 Å². The van der Waals surface area contributed by atoms with Gasteiger partial charge in [-0.25, -0.2) is 4.79 Å². The van der Waals surface area contributed by atoms with Gasteiger partial charge in [-0.05, 0) is 42.0 Å². The number of rotatable bonds is 8. The van der Waals surface area contributed by atoms with Crippen molar-refractivity contribution >= 4 is 12.0 Å². The third-order valence-corrected chi connectivity index (χ3v) is 3.68. The second kappa shape index (κ2) is 9.36. The summed E-state index contributed by atoms with van der Waals surface area (Å²) in [6.45, 7) is 0.0788. The summed E-state index contributed by atoms with van der Waals surface area (Å²) in [5.41, 5.74) is 1.51. The number of carbonyl (C=O) groups is 1. The molecule has 2 aromatic rings. The van der Waals surface area contributed by atoms with Crippen LogP contribution in [0.2, 0.25) is 0 Å². The van der Waals surface area contributed by atoms with Crippen LogP contribution in [-0.4, -0.2) is 34.4 Å². The van der Waals surface area contributed by atoms with Crippen molar-refractivity contribution in [2.45, 2.75) is 6.61 Å². The molecule has 0 radical (unpaired) electrons. The van der Waals surface area contributed by atoms with Gasteiger partial charge in [0.25, 0.3) is 0 Å². The minimum Gasteiger partial charge on any atom is -0.497 e. The van der Waals surface area contributed by atoms with E-state index in [4.69, 9.17) is 23.7 Å². The molecule has 138 valence electrons. The molecule has 0 bridgehead atoms. The van der Waals surface area contributed by atoms with Crippen LogP contribution in [0.15, 0.2) is 42.5 Å². The lowest BCUT2D eigenvalue weighted by atomic mass is 10.2. The van der Waals surface area contributed by atoms with Gasteiger partial charge in [0.1, 0.15) is 18.1 Å². The predicted octanol–water partition coefficient (Wildman–Crippen LogP) is 3.48. The van der Waals surface area contributed by atoms with E-state index in [0.29, 0.717) is 23.0 Å². The zero-order valence-electron chi connectivity index (χ0n) is 15.3. The Hall–Kier alpha value is -3.15. The zero-order valence-corrected chi connectivity index (χ0v) is 15.3. The van der Waals surface area contributed by atoms with Crippen LogP contribution in [0.1, 0.15) is 11.1 Å². The molecule has 0 aliphatic heterocycles. The molecular weight excluding hydrogens is 336 g/mol. The molecule has 0 spiro atoms. The fourth-order valence-corrected chi connectivity index (χ4v) is 2.31. The number of carbonyl (C=O) groups excluding carboxylic acids is 1. The first-order chi connectivity index (χ1) is 12.6. The number of hydrogen-bond acceptors (Lipinski definition) is 6. The van der Waals surface area contributed by atoms with E-state index in [1.54, 1.807) is 64.8 Å². The summed E-state index contributed by atoms with van der Waals surface area (Å²) in [4.78, 5) is 12.0. The Morgan fingerprint density at radius 1 is 0.846 bits per heavy atom. The minimum absolute atomic E-state index is 0.0788. The second-order valence-corrected chi connectivity index (χ2v) is 5.23. The van der Waals surface area contributed by atoms with Crippen LogP contribution in [0.25, 0.3) is 6.08 Å².